The normalized spacial score (nSPS) is 14.8. The van der Waals surface area contributed by atoms with Crippen LogP contribution in [0.25, 0.3) is 0 Å². The Kier molecular flexibility index (Phi) is 4.50. The number of rotatable bonds is 5. The average molecular weight is 220 g/mol. The maximum absolute atomic E-state index is 11.0. The van der Waals surface area contributed by atoms with E-state index in [1.165, 1.54) is 5.56 Å². The number of nitrogens with two attached hydrogens (primary N) is 1. The summed E-state index contributed by atoms with van der Waals surface area (Å²) in [6.45, 7) is 6.04. The Balaban J connectivity index is 2.81. The summed E-state index contributed by atoms with van der Waals surface area (Å²) in [6.07, 6.45) is 0. The van der Waals surface area contributed by atoms with E-state index in [0.717, 1.165) is 0 Å². The van der Waals surface area contributed by atoms with Gasteiger partial charge in [0, 0.05) is 6.04 Å². The molecule has 0 saturated heterocycles. The van der Waals surface area contributed by atoms with E-state index >= 15 is 0 Å². The first-order valence-electron chi connectivity index (χ1n) is 5.62. The Morgan fingerprint density at radius 2 is 1.75 bits per heavy atom. The predicted octanol–water partition coefficient (Wildman–Crippen LogP) is 1.85. The summed E-state index contributed by atoms with van der Waals surface area (Å²) in [7, 11) is 0. The van der Waals surface area contributed by atoms with Crippen LogP contribution in [0.4, 0.5) is 0 Å². The van der Waals surface area contributed by atoms with Crippen LogP contribution in [0.1, 0.15) is 32.4 Å². The van der Waals surface area contributed by atoms with Crippen molar-refractivity contribution in [2.45, 2.75) is 32.9 Å². The number of hydrogen-bond donors (Lipinski definition) is 2. The molecule has 16 heavy (non-hydrogen) atoms. The minimum atomic E-state index is -0.318. The van der Waals surface area contributed by atoms with Gasteiger partial charge in [-0.25, -0.2) is 0 Å². The highest BCUT2D eigenvalue weighted by Gasteiger charge is 2.19. The quantitative estimate of drug-likeness (QED) is 0.795. The van der Waals surface area contributed by atoms with Gasteiger partial charge >= 0.3 is 0 Å². The standard InChI is InChI=1S/C13H20N2O/c1-9(2)12(15-10(3)13(14)16)11-7-5-4-6-8-11/h4-10,12,15H,1-3H3,(H2,14,16)/t10-,12+/m1/s1. The molecular weight excluding hydrogens is 200 g/mol. The lowest BCUT2D eigenvalue weighted by atomic mass is 9.95. The van der Waals surface area contributed by atoms with Crippen LogP contribution >= 0.6 is 0 Å². The molecule has 0 saturated carbocycles. The third-order valence-electron chi connectivity index (χ3n) is 2.68. The van der Waals surface area contributed by atoms with E-state index in [9.17, 15) is 4.79 Å². The van der Waals surface area contributed by atoms with Crippen LogP contribution in [0.5, 0.6) is 0 Å². The van der Waals surface area contributed by atoms with E-state index < -0.39 is 0 Å². The summed E-state index contributed by atoms with van der Waals surface area (Å²) in [6, 6.07) is 9.95. The number of carbonyl (C=O) groups excluding carboxylic acids is 1. The number of primary amides is 1. The first kappa shape index (κ1) is 12.7. The highest BCUT2D eigenvalue weighted by Crippen LogP contribution is 2.21. The second-order valence-corrected chi connectivity index (χ2v) is 4.42. The molecule has 3 N–H and O–H groups in total. The van der Waals surface area contributed by atoms with E-state index in [2.05, 4.69) is 31.3 Å². The molecule has 0 aliphatic rings. The highest BCUT2D eigenvalue weighted by molar-refractivity contribution is 5.79. The molecule has 1 amide bonds. The van der Waals surface area contributed by atoms with Crippen molar-refractivity contribution < 1.29 is 4.79 Å². The minimum absolute atomic E-state index is 0.156. The molecule has 0 bridgehead atoms. The average Bonchev–Trinajstić information content (AvgIpc) is 2.26. The van der Waals surface area contributed by atoms with Crippen molar-refractivity contribution in [3.8, 4) is 0 Å². The van der Waals surface area contributed by atoms with Gasteiger partial charge in [0.25, 0.3) is 0 Å². The van der Waals surface area contributed by atoms with Crippen LogP contribution in [0.3, 0.4) is 0 Å². The van der Waals surface area contributed by atoms with Crippen molar-refractivity contribution in [2.24, 2.45) is 11.7 Å². The van der Waals surface area contributed by atoms with Gasteiger partial charge in [-0.2, -0.15) is 0 Å². The van der Waals surface area contributed by atoms with Crippen LogP contribution in [0, 0.1) is 5.92 Å². The molecule has 1 aromatic carbocycles. The van der Waals surface area contributed by atoms with Gasteiger partial charge in [0.05, 0.1) is 6.04 Å². The largest absolute Gasteiger partial charge is 0.368 e. The summed E-state index contributed by atoms with van der Waals surface area (Å²) in [5.41, 5.74) is 6.45. The van der Waals surface area contributed by atoms with Crippen LogP contribution in [-0.2, 0) is 4.79 Å². The van der Waals surface area contributed by atoms with E-state index in [4.69, 9.17) is 5.73 Å². The lowest BCUT2D eigenvalue weighted by Crippen LogP contribution is -2.42. The molecule has 88 valence electrons. The number of benzene rings is 1. The first-order valence-corrected chi connectivity index (χ1v) is 5.62. The van der Waals surface area contributed by atoms with Gasteiger partial charge in [-0.3, -0.25) is 10.1 Å². The molecule has 3 nitrogen and oxygen atoms in total. The van der Waals surface area contributed by atoms with Crippen molar-refractivity contribution in [1.82, 2.24) is 5.32 Å². The second-order valence-electron chi connectivity index (χ2n) is 4.42. The summed E-state index contributed by atoms with van der Waals surface area (Å²) in [5, 5.41) is 3.26. The van der Waals surface area contributed by atoms with E-state index in [1.54, 1.807) is 6.92 Å². The summed E-state index contributed by atoms with van der Waals surface area (Å²) < 4.78 is 0. The third kappa shape index (κ3) is 3.35. The van der Waals surface area contributed by atoms with Gasteiger partial charge in [0.15, 0.2) is 0 Å². The van der Waals surface area contributed by atoms with Crippen molar-refractivity contribution in [2.75, 3.05) is 0 Å². The molecule has 0 unspecified atom stereocenters. The van der Waals surface area contributed by atoms with Gasteiger partial charge < -0.3 is 5.73 Å². The molecule has 0 radical (unpaired) electrons. The molecule has 0 aliphatic carbocycles. The molecule has 1 aromatic rings. The zero-order valence-corrected chi connectivity index (χ0v) is 10.1. The Morgan fingerprint density at radius 1 is 1.19 bits per heavy atom. The monoisotopic (exact) mass is 220 g/mol. The van der Waals surface area contributed by atoms with Crippen LogP contribution in [0.15, 0.2) is 30.3 Å². The number of hydrogen-bond acceptors (Lipinski definition) is 2. The van der Waals surface area contributed by atoms with Gasteiger partial charge in [0.2, 0.25) is 5.91 Å². The lowest BCUT2D eigenvalue weighted by Gasteiger charge is -2.25. The fourth-order valence-corrected chi connectivity index (χ4v) is 1.69. The first-order chi connectivity index (χ1) is 7.52. The van der Waals surface area contributed by atoms with Gasteiger partial charge in [0.1, 0.15) is 0 Å². The van der Waals surface area contributed by atoms with Gasteiger partial charge in [-0.1, -0.05) is 44.2 Å². The third-order valence-corrected chi connectivity index (χ3v) is 2.68. The fourth-order valence-electron chi connectivity index (χ4n) is 1.69. The number of carbonyl (C=O) groups is 1. The van der Waals surface area contributed by atoms with Crippen molar-refractivity contribution in [1.29, 1.82) is 0 Å². The molecule has 0 spiro atoms. The number of amides is 1. The lowest BCUT2D eigenvalue weighted by molar-refractivity contribution is -0.119. The Labute approximate surface area is 97.0 Å². The number of nitrogens with one attached hydrogen (secondary N) is 1. The zero-order chi connectivity index (χ0) is 12.1. The van der Waals surface area contributed by atoms with E-state index in [1.807, 2.05) is 18.2 Å². The van der Waals surface area contributed by atoms with Crippen LogP contribution in [0.2, 0.25) is 0 Å². The molecule has 0 aromatic heterocycles. The Bertz CT molecular complexity index is 335. The molecule has 0 heterocycles. The summed E-state index contributed by atoms with van der Waals surface area (Å²) >= 11 is 0. The van der Waals surface area contributed by atoms with Crippen molar-refractivity contribution in [3.63, 3.8) is 0 Å². The molecule has 1 rings (SSSR count). The van der Waals surface area contributed by atoms with E-state index in [0.29, 0.717) is 5.92 Å². The second kappa shape index (κ2) is 5.66. The highest BCUT2D eigenvalue weighted by atomic mass is 16.1. The van der Waals surface area contributed by atoms with E-state index in [-0.39, 0.29) is 18.0 Å². The SMILES string of the molecule is CC(C)[C@H](N[C@H](C)C(N)=O)c1ccccc1. The maximum atomic E-state index is 11.0. The van der Waals surface area contributed by atoms with Crippen LogP contribution < -0.4 is 11.1 Å². The molecular formula is C13H20N2O. The van der Waals surface area contributed by atoms with Gasteiger partial charge in [-0.15, -0.1) is 0 Å². The Hall–Kier alpha value is -1.35. The Morgan fingerprint density at radius 3 is 2.19 bits per heavy atom. The summed E-state index contributed by atoms with van der Waals surface area (Å²) in [5.74, 6) is 0.0887. The topological polar surface area (TPSA) is 55.1 Å². The molecule has 3 heteroatoms. The maximum Gasteiger partial charge on any atom is 0.234 e. The van der Waals surface area contributed by atoms with Crippen molar-refractivity contribution in [3.05, 3.63) is 35.9 Å². The fraction of sp³-hybridized carbons (Fsp3) is 0.462. The van der Waals surface area contributed by atoms with Crippen molar-refractivity contribution >= 4 is 5.91 Å². The summed E-state index contributed by atoms with van der Waals surface area (Å²) in [4.78, 5) is 11.0. The zero-order valence-electron chi connectivity index (χ0n) is 10.1. The smallest absolute Gasteiger partial charge is 0.234 e. The van der Waals surface area contributed by atoms with Gasteiger partial charge in [-0.05, 0) is 18.4 Å². The molecule has 0 fully saturated rings. The minimum Gasteiger partial charge on any atom is -0.368 e. The van der Waals surface area contributed by atoms with Crippen LogP contribution in [-0.4, -0.2) is 11.9 Å². The molecule has 2 atom stereocenters. The molecule has 0 aliphatic heterocycles. The predicted molar refractivity (Wildman–Crippen MR) is 65.8 cm³/mol.